The van der Waals surface area contributed by atoms with E-state index in [9.17, 15) is 0 Å². The van der Waals surface area contributed by atoms with Crippen LogP contribution in [0.15, 0.2) is 18.2 Å². The number of morpholine rings is 1. The van der Waals surface area contributed by atoms with Crippen LogP contribution < -0.4 is 10.2 Å². The molecule has 112 valence electrons. The van der Waals surface area contributed by atoms with Crippen LogP contribution in [0.25, 0.3) is 0 Å². The van der Waals surface area contributed by atoms with E-state index in [2.05, 4.69) is 61.3 Å². The fourth-order valence-electron chi connectivity index (χ4n) is 2.62. The Labute approximate surface area is 122 Å². The molecule has 4 heteroatoms. The minimum atomic E-state index is 0.285. The molecule has 1 aliphatic rings. The highest BCUT2D eigenvalue weighted by Gasteiger charge is 2.18. The summed E-state index contributed by atoms with van der Waals surface area (Å²) >= 11 is 0. The van der Waals surface area contributed by atoms with Gasteiger partial charge in [-0.3, -0.25) is 4.90 Å². The molecule has 0 bridgehead atoms. The molecule has 1 aromatic carbocycles. The maximum Gasteiger partial charge on any atom is 0.0874 e. The monoisotopic (exact) mass is 277 g/mol. The van der Waals surface area contributed by atoms with Crippen molar-refractivity contribution >= 4 is 11.4 Å². The van der Waals surface area contributed by atoms with Crippen molar-refractivity contribution in [3.8, 4) is 0 Å². The van der Waals surface area contributed by atoms with Gasteiger partial charge in [0.05, 0.1) is 12.7 Å². The Bertz CT molecular complexity index is 434. The Kier molecular flexibility index (Phi) is 5.26. The second-order valence-electron chi connectivity index (χ2n) is 5.66. The molecule has 0 saturated carbocycles. The zero-order valence-corrected chi connectivity index (χ0v) is 13.1. The molecule has 0 aromatic heterocycles. The van der Waals surface area contributed by atoms with E-state index in [0.29, 0.717) is 0 Å². The Hall–Kier alpha value is -1.26. The molecular formula is C16H27N3O. The van der Waals surface area contributed by atoms with Crippen LogP contribution in [0.5, 0.6) is 0 Å². The van der Waals surface area contributed by atoms with Crippen molar-refractivity contribution < 1.29 is 4.74 Å². The largest absolute Gasteiger partial charge is 0.382 e. The first-order chi connectivity index (χ1) is 9.60. The number of hydrogen-bond acceptors (Lipinski definition) is 4. The molecular weight excluding hydrogens is 250 g/mol. The van der Waals surface area contributed by atoms with Gasteiger partial charge >= 0.3 is 0 Å². The highest BCUT2D eigenvalue weighted by Crippen LogP contribution is 2.22. The quantitative estimate of drug-likeness (QED) is 0.893. The predicted molar refractivity (Wildman–Crippen MR) is 85.8 cm³/mol. The summed E-state index contributed by atoms with van der Waals surface area (Å²) in [6.45, 7) is 9.25. The van der Waals surface area contributed by atoms with Crippen molar-refractivity contribution in [3.05, 3.63) is 23.8 Å². The van der Waals surface area contributed by atoms with Crippen LogP contribution >= 0.6 is 0 Å². The number of rotatable bonds is 5. The van der Waals surface area contributed by atoms with Crippen molar-refractivity contribution in [1.29, 1.82) is 0 Å². The van der Waals surface area contributed by atoms with Crippen molar-refractivity contribution in [2.75, 3.05) is 57.1 Å². The number of ether oxygens (including phenoxy) is 1. The smallest absolute Gasteiger partial charge is 0.0874 e. The number of likely N-dealkylation sites (N-methyl/N-ethyl adjacent to an activating group) is 1. The molecule has 1 fully saturated rings. The fourth-order valence-corrected chi connectivity index (χ4v) is 2.62. The summed E-state index contributed by atoms with van der Waals surface area (Å²) in [7, 11) is 4.16. The summed E-state index contributed by atoms with van der Waals surface area (Å²) in [4.78, 5) is 4.59. The molecule has 0 amide bonds. The standard InChI is InChI=1S/C16H27N3O/c1-5-19-8-9-20-15(12-19)11-17-14-7-6-13(2)16(10-14)18(3)4/h6-7,10,15,17H,5,8-9,11-12H2,1-4H3. The fraction of sp³-hybridized carbons (Fsp3) is 0.625. The zero-order valence-electron chi connectivity index (χ0n) is 13.1. The molecule has 0 radical (unpaired) electrons. The van der Waals surface area contributed by atoms with Crippen molar-refractivity contribution in [1.82, 2.24) is 4.90 Å². The van der Waals surface area contributed by atoms with E-state index in [0.717, 1.165) is 38.5 Å². The summed E-state index contributed by atoms with van der Waals surface area (Å²) in [5.74, 6) is 0. The second-order valence-corrected chi connectivity index (χ2v) is 5.66. The number of nitrogens with one attached hydrogen (secondary N) is 1. The molecule has 20 heavy (non-hydrogen) atoms. The van der Waals surface area contributed by atoms with Crippen LogP contribution in [0, 0.1) is 6.92 Å². The lowest BCUT2D eigenvalue weighted by atomic mass is 10.1. The molecule has 1 N–H and O–H groups in total. The van der Waals surface area contributed by atoms with Gasteiger partial charge in [0.2, 0.25) is 0 Å². The van der Waals surface area contributed by atoms with Gasteiger partial charge in [-0.1, -0.05) is 13.0 Å². The topological polar surface area (TPSA) is 27.7 Å². The van der Waals surface area contributed by atoms with Crippen molar-refractivity contribution in [2.24, 2.45) is 0 Å². The van der Waals surface area contributed by atoms with Gasteiger partial charge in [-0.05, 0) is 31.2 Å². The van der Waals surface area contributed by atoms with Gasteiger partial charge in [0.1, 0.15) is 0 Å². The summed E-state index contributed by atoms with van der Waals surface area (Å²) in [6, 6.07) is 6.51. The minimum Gasteiger partial charge on any atom is -0.382 e. The van der Waals surface area contributed by atoms with Crippen LogP contribution in [0.3, 0.4) is 0 Å². The first-order valence-corrected chi connectivity index (χ1v) is 7.46. The average molecular weight is 277 g/mol. The van der Waals surface area contributed by atoms with E-state index >= 15 is 0 Å². The number of anilines is 2. The Balaban J connectivity index is 1.92. The molecule has 2 rings (SSSR count). The van der Waals surface area contributed by atoms with Crippen LogP contribution in [0.1, 0.15) is 12.5 Å². The normalized spacial score (nSPS) is 19.9. The van der Waals surface area contributed by atoms with E-state index in [4.69, 9.17) is 4.74 Å². The molecule has 0 aliphatic carbocycles. The summed E-state index contributed by atoms with van der Waals surface area (Å²) in [5.41, 5.74) is 3.72. The maximum atomic E-state index is 5.82. The van der Waals surface area contributed by atoms with E-state index < -0.39 is 0 Å². The Morgan fingerprint density at radius 1 is 1.40 bits per heavy atom. The Morgan fingerprint density at radius 3 is 2.90 bits per heavy atom. The van der Waals surface area contributed by atoms with E-state index in [1.165, 1.54) is 11.3 Å². The van der Waals surface area contributed by atoms with Crippen LogP contribution in [0.4, 0.5) is 11.4 Å². The minimum absolute atomic E-state index is 0.285. The van der Waals surface area contributed by atoms with Crippen molar-refractivity contribution in [3.63, 3.8) is 0 Å². The number of aryl methyl sites for hydroxylation is 1. The summed E-state index contributed by atoms with van der Waals surface area (Å²) in [6.07, 6.45) is 0.285. The molecule has 1 unspecified atom stereocenters. The van der Waals surface area contributed by atoms with Gasteiger partial charge in [-0.2, -0.15) is 0 Å². The average Bonchev–Trinajstić information content (AvgIpc) is 2.46. The van der Waals surface area contributed by atoms with Gasteiger partial charge in [0.25, 0.3) is 0 Å². The lowest BCUT2D eigenvalue weighted by molar-refractivity contribution is -0.0191. The number of benzene rings is 1. The third-order valence-corrected chi connectivity index (χ3v) is 3.89. The molecule has 4 nitrogen and oxygen atoms in total. The number of nitrogens with zero attached hydrogens (tertiary/aromatic N) is 2. The first kappa shape index (κ1) is 15.1. The molecule has 1 aromatic rings. The first-order valence-electron chi connectivity index (χ1n) is 7.46. The lowest BCUT2D eigenvalue weighted by Crippen LogP contribution is -2.45. The van der Waals surface area contributed by atoms with E-state index in [1.807, 2.05) is 0 Å². The highest BCUT2D eigenvalue weighted by atomic mass is 16.5. The van der Waals surface area contributed by atoms with Gasteiger partial charge < -0.3 is 15.0 Å². The van der Waals surface area contributed by atoms with Gasteiger partial charge in [-0.15, -0.1) is 0 Å². The Morgan fingerprint density at radius 2 is 2.20 bits per heavy atom. The lowest BCUT2D eigenvalue weighted by Gasteiger charge is -2.32. The third-order valence-electron chi connectivity index (χ3n) is 3.89. The molecule has 1 heterocycles. The maximum absolute atomic E-state index is 5.82. The molecule has 1 saturated heterocycles. The third kappa shape index (κ3) is 3.87. The van der Waals surface area contributed by atoms with Crippen LogP contribution in [-0.4, -0.2) is 57.9 Å². The zero-order chi connectivity index (χ0) is 14.5. The van der Waals surface area contributed by atoms with E-state index in [1.54, 1.807) is 0 Å². The van der Waals surface area contributed by atoms with Crippen LogP contribution in [0.2, 0.25) is 0 Å². The molecule has 0 spiro atoms. The van der Waals surface area contributed by atoms with Gasteiger partial charge in [-0.25, -0.2) is 0 Å². The highest BCUT2D eigenvalue weighted by molar-refractivity contribution is 5.61. The van der Waals surface area contributed by atoms with Gasteiger partial charge in [0.15, 0.2) is 0 Å². The summed E-state index contributed by atoms with van der Waals surface area (Å²) < 4.78 is 5.82. The SMILES string of the molecule is CCN1CCOC(CNc2ccc(C)c(N(C)C)c2)C1. The van der Waals surface area contributed by atoms with E-state index in [-0.39, 0.29) is 6.10 Å². The van der Waals surface area contributed by atoms with Crippen molar-refractivity contribution in [2.45, 2.75) is 20.0 Å². The second kappa shape index (κ2) is 6.95. The predicted octanol–water partition coefficient (Wildman–Crippen LogP) is 2.19. The van der Waals surface area contributed by atoms with Crippen LogP contribution in [-0.2, 0) is 4.74 Å². The summed E-state index contributed by atoms with van der Waals surface area (Å²) in [5, 5.41) is 3.50. The molecule has 1 atom stereocenters. The number of hydrogen-bond donors (Lipinski definition) is 1. The molecule has 1 aliphatic heterocycles. The van der Waals surface area contributed by atoms with Gasteiger partial charge in [0, 0.05) is 45.1 Å².